The van der Waals surface area contributed by atoms with Crippen LogP contribution in [0.4, 0.5) is 0 Å². The van der Waals surface area contributed by atoms with Crippen molar-refractivity contribution < 1.29 is 33.3 Å². The summed E-state index contributed by atoms with van der Waals surface area (Å²) < 4.78 is 21.7. The fraction of sp³-hybridized carbons (Fsp3) is 0.925. The third-order valence-electron chi connectivity index (χ3n) is 9.03. The standard InChI is InChI=1S/C40H77NO7/c1-4-6-8-10-12-20-26-35-46-37(42)29-22-16-14-18-24-32-40(41,48-39(44)31-28-34-45-3)33-25-19-15-17-23-30-38(43)47-36-27-21-13-11-9-7-5-2/h4-36,41H2,1-3H3. The van der Waals surface area contributed by atoms with Gasteiger partial charge < -0.3 is 18.9 Å². The van der Waals surface area contributed by atoms with Gasteiger partial charge in [-0.05, 0) is 44.9 Å². The van der Waals surface area contributed by atoms with Gasteiger partial charge in [0.05, 0.1) is 13.2 Å². The van der Waals surface area contributed by atoms with E-state index in [1.54, 1.807) is 7.11 Å². The Morgan fingerprint density at radius 3 is 1.21 bits per heavy atom. The predicted molar refractivity (Wildman–Crippen MR) is 197 cm³/mol. The highest BCUT2D eigenvalue weighted by Gasteiger charge is 2.28. The average molecular weight is 684 g/mol. The van der Waals surface area contributed by atoms with Gasteiger partial charge in [0.25, 0.3) is 0 Å². The molecule has 0 amide bonds. The number of carbonyl (C=O) groups is 3. The topological polar surface area (TPSA) is 114 Å². The number of ether oxygens (including phenoxy) is 4. The van der Waals surface area contributed by atoms with Crippen LogP contribution in [0.5, 0.6) is 0 Å². The molecule has 0 aliphatic rings. The van der Waals surface area contributed by atoms with Crippen molar-refractivity contribution in [3.63, 3.8) is 0 Å². The van der Waals surface area contributed by atoms with Gasteiger partial charge in [-0.25, -0.2) is 0 Å². The summed E-state index contributed by atoms with van der Waals surface area (Å²) in [4.78, 5) is 36.5. The van der Waals surface area contributed by atoms with E-state index in [-0.39, 0.29) is 17.9 Å². The summed E-state index contributed by atoms with van der Waals surface area (Å²) in [6, 6.07) is 0. The monoisotopic (exact) mass is 684 g/mol. The van der Waals surface area contributed by atoms with Gasteiger partial charge in [-0.1, -0.05) is 129 Å². The normalized spacial score (nSPS) is 11.5. The number of hydrogen-bond acceptors (Lipinski definition) is 8. The van der Waals surface area contributed by atoms with E-state index in [4.69, 9.17) is 24.7 Å². The Kier molecular flexibility index (Phi) is 33.9. The largest absolute Gasteiger partial charge is 0.466 e. The molecule has 0 rings (SSSR count). The van der Waals surface area contributed by atoms with Gasteiger partial charge in [-0.3, -0.25) is 20.1 Å². The van der Waals surface area contributed by atoms with Crippen LogP contribution in [0.1, 0.15) is 206 Å². The Balaban J connectivity index is 4.12. The lowest BCUT2D eigenvalue weighted by Crippen LogP contribution is -2.44. The van der Waals surface area contributed by atoms with Crippen molar-refractivity contribution in [3.05, 3.63) is 0 Å². The minimum Gasteiger partial charge on any atom is -0.466 e. The smallest absolute Gasteiger partial charge is 0.307 e. The summed E-state index contributed by atoms with van der Waals surface area (Å²) in [6.07, 6.45) is 29.6. The van der Waals surface area contributed by atoms with Crippen LogP contribution < -0.4 is 5.73 Å². The van der Waals surface area contributed by atoms with Crippen LogP contribution in [0.25, 0.3) is 0 Å². The molecule has 0 bridgehead atoms. The number of carbonyl (C=O) groups excluding carboxylic acids is 3. The molecular weight excluding hydrogens is 606 g/mol. The molecule has 0 fully saturated rings. The first-order valence-electron chi connectivity index (χ1n) is 20.2. The van der Waals surface area contributed by atoms with Crippen LogP contribution in [0.2, 0.25) is 0 Å². The summed E-state index contributed by atoms with van der Waals surface area (Å²) in [7, 11) is 1.62. The highest BCUT2D eigenvalue weighted by atomic mass is 16.6. The van der Waals surface area contributed by atoms with E-state index in [1.165, 1.54) is 64.2 Å². The van der Waals surface area contributed by atoms with Gasteiger partial charge in [0.1, 0.15) is 0 Å². The minimum absolute atomic E-state index is 0.0823. The predicted octanol–water partition coefficient (Wildman–Crippen LogP) is 10.7. The molecule has 0 saturated heterocycles. The molecule has 0 heterocycles. The van der Waals surface area contributed by atoms with E-state index in [1.807, 2.05) is 0 Å². The molecule has 0 aliphatic heterocycles. The first-order valence-corrected chi connectivity index (χ1v) is 20.2. The lowest BCUT2D eigenvalue weighted by atomic mass is 9.97. The highest BCUT2D eigenvalue weighted by Crippen LogP contribution is 2.24. The number of hydrogen-bond donors (Lipinski definition) is 1. The molecule has 0 saturated carbocycles. The Bertz CT molecular complexity index is 699. The van der Waals surface area contributed by atoms with E-state index in [9.17, 15) is 14.4 Å². The molecule has 0 unspecified atom stereocenters. The number of esters is 3. The number of rotatable bonds is 37. The van der Waals surface area contributed by atoms with Gasteiger partial charge in [-0.15, -0.1) is 0 Å². The zero-order chi connectivity index (χ0) is 35.4. The van der Waals surface area contributed by atoms with E-state index < -0.39 is 5.72 Å². The van der Waals surface area contributed by atoms with Crippen molar-refractivity contribution in [2.75, 3.05) is 26.9 Å². The van der Waals surface area contributed by atoms with Crippen molar-refractivity contribution in [2.24, 2.45) is 5.73 Å². The van der Waals surface area contributed by atoms with Crippen molar-refractivity contribution in [2.45, 2.75) is 212 Å². The van der Waals surface area contributed by atoms with Crippen LogP contribution >= 0.6 is 0 Å². The SMILES string of the molecule is CCCCCCCCCOC(=O)CCCCCCCC(N)(CCCCCCCC(=O)OCCCCCCCCC)OC(=O)CCCOC. The van der Waals surface area contributed by atoms with Gasteiger partial charge >= 0.3 is 17.9 Å². The van der Waals surface area contributed by atoms with E-state index in [0.717, 1.165) is 89.9 Å². The lowest BCUT2D eigenvalue weighted by molar-refractivity contribution is -0.161. The molecular formula is C40H77NO7. The van der Waals surface area contributed by atoms with Crippen molar-refractivity contribution >= 4 is 17.9 Å². The molecule has 284 valence electrons. The second-order valence-corrected chi connectivity index (χ2v) is 13.9. The van der Waals surface area contributed by atoms with E-state index in [2.05, 4.69) is 13.8 Å². The molecule has 0 aromatic carbocycles. The third kappa shape index (κ3) is 32.9. The zero-order valence-corrected chi connectivity index (χ0v) is 31.8. The van der Waals surface area contributed by atoms with Crippen molar-refractivity contribution in [1.29, 1.82) is 0 Å². The lowest BCUT2D eigenvalue weighted by Gasteiger charge is -2.30. The van der Waals surface area contributed by atoms with Crippen LogP contribution in [0, 0.1) is 0 Å². The quantitative estimate of drug-likeness (QED) is 0.0298. The summed E-state index contributed by atoms with van der Waals surface area (Å²) in [5.41, 5.74) is 5.71. The molecule has 0 aromatic heterocycles. The Morgan fingerprint density at radius 2 is 0.792 bits per heavy atom. The van der Waals surface area contributed by atoms with Crippen LogP contribution in [0.15, 0.2) is 0 Å². The summed E-state index contributed by atoms with van der Waals surface area (Å²) in [5, 5.41) is 0. The van der Waals surface area contributed by atoms with E-state index in [0.29, 0.717) is 58.3 Å². The second-order valence-electron chi connectivity index (χ2n) is 13.9. The van der Waals surface area contributed by atoms with Gasteiger partial charge in [0.15, 0.2) is 5.72 Å². The van der Waals surface area contributed by atoms with Crippen LogP contribution in [0.3, 0.4) is 0 Å². The Hall–Kier alpha value is -1.67. The summed E-state index contributed by atoms with van der Waals surface area (Å²) in [6.45, 7) is 6.06. The van der Waals surface area contributed by atoms with Crippen molar-refractivity contribution in [1.82, 2.24) is 0 Å². The van der Waals surface area contributed by atoms with Gasteiger partial charge in [0.2, 0.25) is 0 Å². The average Bonchev–Trinajstić information content (AvgIpc) is 3.06. The molecule has 0 aromatic rings. The zero-order valence-electron chi connectivity index (χ0n) is 31.8. The Morgan fingerprint density at radius 1 is 0.438 bits per heavy atom. The van der Waals surface area contributed by atoms with Crippen LogP contribution in [-0.2, 0) is 33.3 Å². The Labute approximate surface area is 295 Å². The highest BCUT2D eigenvalue weighted by molar-refractivity contribution is 5.70. The van der Waals surface area contributed by atoms with Gasteiger partial charge in [-0.2, -0.15) is 0 Å². The van der Waals surface area contributed by atoms with E-state index >= 15 is 0 Å². The number of nitrogens with two attached hydrogens (primary N) is 1. The molecule has 0 spiro atoms. The fourth-order valence-corrected chi connectivity index (χ4v) is 5.95. The maximum absolute atomic E-state index is 12.5. The van der Waals surface area contributed by atoms with Gasteiger partial charge in [0, 0.05) is 45.8 Å². The molecule has 8 heteroatoms. The molecule has 0 atom stereocenters. The first kappa shape index (κ1) is 46.3. The van der Waals surface area contributed by atoms with Crippen molar-refractivity contribution in [3.8, 4) is 0 Å². The number of unbranched alkanes of at least 4 members (excludes halogenated alkanes) is 20. The maximum atomic E-state index is 12.5. The number of methoxy groups -OCH3 is 1. The molecule has 0 radical (unpaired) electrons. The first-order chi connectivity index (χ1) is 23.4. The summed E-state index contributed by atoms with van der Waals surface area (Å²) >= 11 is 0. The fourth-order valence-electron chi connectivity index (χ4n) is 5.95. The molecule has 0 aliphatic carbocycles. The minimum atomic E-state index is -0.955. The van der Waals surface area contributed by atoms with Crippen LogP contribution in [-0.4, -0.2) is 50.6 Å². The summed E-state index contributed by atoms with van der Waals surface area (Å²) in [5.74, 6) is -0.429. The molecule has 2 N–H and O–H groups in total. The second kappa shape index (κ2) is 35.2. The maximum Gasteiger partial charge on any atom is 0.307 e. The third-order valence-corrected chi connectivity index (χ3v) is 9.03. The molecule has 8 nitrogen and oxygen atoms in total. The molecule has 48 heavy (non-hydrogen) atoms.